The van der Waals surface area contributed by atoms with Crippen LogP contribution in [-0.2, 0) is 0 Å². The van der Waals surface area contributed by atoms with Crippen LogP contribution >= 0.6 is 22.9 Å². The third-order valence-corrected chi connectivity index (χ3v) is 3.06. The number of rotatable bonds is 2. The van der Waals surface area contributed by atoms with E-state index in [2.05, 4.69) is 4.98 Å². The number of halogens is 1. The van der Waals surface area contributed by atoms with Gasteiger partial charge in [0.15, 0.2) is 0 Å². The van der Waals surface area contributed by atoms with Crippen LogP contribution in [0.4, 0.5) is 0 Å². The van der Waals surface area contributed by atoms with Gasteiger partial charge in [-0.1, -0.05) is 23.7 Å². The zero-order valence-electron chi connectivity index (χ0n) is 7.35. The summed E-state index contributed by atoms with van der Waals surface area (Å²) in [7, 11) is 0. The maximum absolute atomic E-state index is 6.02. The topological polar surface area (TPSA) is 38.9 Å². The van der Waals surface area contributed by atoms with E-state index in [4.69, 9.17) is 17.3 Å². The van der Waals surface area contributed by atoms with E-state index in [1.807, 2.05) is 29.6 Å². The van der Waals surface area contributed by atoms with Crippen LogP contribution in [0.1, 0.15) is 16.6 Å². The minimum Gasteiger partial charge on any atom is -0.318 e. The average molecular weight is 225 g/mol. The van der Waals surface area contributed by atoms with E-state index in [1.54, 1.807) is 17.5 Å². The lowest BCUT2D eigenvalue weighted by Crippen LogP contribution is -2.10. The second kappa shape index (κ2) is 4.09. The Labute approximate surface area is 91.4 Å². The molecule has 1 atom stereocenters. The highest BCUT2D eigenvalue weighted by molar-refractivity contribution is 7.09. The van der Waals surface area contributed by atoms with Crippen molar-refractivity contribution in [1.82, 2.24) is 4.98 Å². The lowest BCUT2D eigenvalue weighted by atomic mass is 10.1. The summed E-state index contributed by atoms with van der Waals surface area (Å²) in [5.41, 5.74) is 7.05. The Bertz CT molecular complexity index is 397. The predicted molar refractivity (Wildman–Crippen MR) is 59.6 cm³/mol. The Morgan fingerprint density at radius 3 is 2.57 bits per heavy atom. The fourth-order valence-corrected chi connectivity index (χ4v) is 1.99. The summed E-state index contributed by atoms with van der Waals surface area (Å²) in [4.78, 5) is 4.18. The zero-order valence-corrected chi connectivity index (χ0v) is 8.92. The number of thiazole rings is 1. The maximum Gasteiger partial charge on any atom is 0.114 e. The summed E-state index contributed by atoms with van der Waals surface area (Å²) in [6.07, 6.45) is 1.76. The molecule has 2 aromatic rings. The van der Waals surface area contributed by atoms with Crippen molar-refractivity contribution in [3.05, 3.63) is 51.4 Å². The van der Waals surface area contributed by atoms with Gasteiger partial charge in [0.05, 0.1) is 6.04 Å². The van der Waals surface area contributed by atoms with E-state index in [9.17, 15) is 0 Å². The van der Waals surface area contributed by atoms with Gasteiger partial charge in [-0.3, -0.25) is 0 Å². The number of benzene rings is 1. The molecule has 2 rings (SSSR count). The number of hydrogen-bond acceptors (Lipinski definition) is 3. The van der Waals surface area contributed by atoms with E-state index in [-0.39, 0.29) is 6.04 Å². The van der Waals surface area contributed by atoms with Crippen molar-refractivity contribution in [2.24, 2.45) is 5.73 Å². The third kappa shape index (κ3) is 1.95. The number of aromatic nitrogens is 1. The molecule has 2 nitrogen and oxygen atoms in total. The van der Waals surface area contributed by atoms with Crippen LogP contribution < -0.4 is 5.73 Å². The molecule has 1 aromatic heterocycles. The molecule has 0 aliphatic heterocycles. The van der Waals surface area contributed by atoms with Crippen LogP contribution in [-0.4, -0.2) is 4.98 Å². The van der Waals surface area contributed by atoms with E-state index in [1.165, 1.54) is 0 Å². The summed E-state index contributed by atoms with van der Waals surface area (Å²) < 4.78 is 0. The minimum atomic E-state index is -0.146. The number of hydrogen-bond donors (Lipinski definition) is 1. The molecule has 2 N–H and O–H groups in total. The maximum atomic E-state index is 6.02. The molecule has 14 heavy (non-hydrogen) atoms. The molecule has 0 saturated heterocycles. The SMILES string of the molecule is NC(c1ccc(Cl)cc1)c1nccs1. The summed E-state index contributed by atoms with van der Waals surface area (Å²) in [5, 5.41) is 3.57. The van der Waals surface area contributed by atoms with Crippen molar-refractivity contribution in [3.8, 4) is 0 Å². The second-order valence-corrected chi connectivity index (χ2v) is 4.26. The molecule has 0 fully saturated rings. The Hall–Kier alpha value is -0.900. The monoisotopic (exact) mass is 224 g/mol. The Morgan fingerprint density at radius 1 is 1.29 bits per heavy atom. The van der Waals surface area contributed by atoms with Gasteiger partial charge in [-0.2, -0.15) is 0 Å². The van der Waals surface area contributed by atoms with Crippen molar-refractivity contribution in [3.63, 3.8) is 0 Å². The molecular weight excluding hydrogens is 216 g/mol. The highest BCUT2D eigenvalue weighted by Gasteiger charge is 2.10. The first-order valence-electron chi connectivity index (χ1n) is 4.18. The molecule has 72 valence electrons. The van der Waals surface area contributed by atoms with E-state index >= 15 is 0 Å². The standard InChI is InChI=1S/C10H9ClN2S/c11-8-3-1-7(2-4-8)9(12)10-13-5-6-14-10/h1-6,9H,12H2. The van der Waals surface area contributed by atoms with Crippen LogP contribution in [0.2, 0.25) is 5.02 Å². The van der Waals surface area contributed by atoms with Crippen molar-refractivity contribution in [2.45, 2.75) is 6.04 Å². The minimum absolute atomic E-state index is 0.146. The van der Waals surface area contributed by atoms with E-state index in [0.29, 0.717) is 0 Å². The molecular formula is C10H9ClN2S. The van der Waals surface area contributed by atoms with E-state index < -0.39 is 0 Å². The lowest BCUT2D eigenvalue weighted by Gasteiger charge is -2.08. The lowest BCUT2D eigenvalue weighted by molar-refractivity contribution is 0.858. The Morgan fingerprint density at radius 2 is 2.00 bits per heavy atom. The van der Waals surface area contributed by atoms with Gasteiger partial charge in [0, 0.05) is 16.6 Å². The van der Waals surface area contributed by atoms with Crippen LogP contribution in [0.15, 0.2) is 35.8 Å². The highest BCUT2D eigenvalue weighted by atomic mass is 35.5. The molecule has 4 heteroatoms. The molecule has 0 aliphatic carbocycles. The van der Waals surface area contributed by atoms with Crippen molar-refractivity contribution in [2.75, 3.05) is 0 Å². The van der Waals surface area contributed by atoms with Crippen LogP contribution in [0.5, 0.6) is 0 Å². The van der Waals surface area contributed by atoms with Gasteiger partial charge in [-0.25, -0.2) is 4.98 Å². The van der Waals surface area contributed by atoms with Gasteiger partial charge < -0.3 is 5.73 Å². The van der Waals surface area contributed by atoms with Crippen LogP contribution in [0, 0.1) is 0 Å². The van der Waals surface area contributed by atoms with Crippen LogP contribution in [0.25, 0.3) is 0 Å². The summed E-state index contributed by atoms with van der Waals surface area (Å²) >= 11 is 7.35. The average Bonchev–Trinajstić information content (AvgIpc) is 2.71. The molecule has 1 aromatic carbocycles. The molecule has 0 bridgehead atoms. The fourth-order valence-electron chi connectivity index (χ4n) is 1.20. The molecule has 0 radical (unpaired) electrons. The largest absolute Gasteiger partial charge is 0.318 e. The highest BCUT2D eigenvalue weighted by Crippen LogP contribution is 2.22. The normalized spacial score (nSPS) is 12.7. The number of nitrogens with zero attached hydrogens (tertiary/aromatic N) is 1. The van der Waals surface area contributed by atoms with Crippen LogP contribution in [0.3, 0.4) is 0 Å². The molecule has 1 heterocycles. The zero-order chi connectivity index (χ0) is 9.97. The smallest absolute Gasteiger partial charge is 0.114 e. The molecule has 1 unspecified atom stereocenters. The molecule has 0 spiro atoms. The van der Waals surface area contributed by atoms with Gasteiger partial charge in [0.1, 0.15) is 5.01 Å². The van der Waals surface area contributed by atoms with Gasteiger partial charge in [-0.05, 0) is 17.7 Å². The van der Waals surface area contributed by atoms with Gasteiger partial charge in [0.2, 0.25) is 0 Å². The summed E-state index contributed by atoms with van der Waals surface area (Å²) in [5.74, 6) is 0. The van der Waals surface area contributed by atoms with Gasteiger partial charge >= 0.3 is 0 Å². The first-order chi connectivity index (χ1) is 6.77. The van der Waals surface area contributed by atoms with Crippen molar-refractivity contribution in [1.29, 1.82) is 0 Å². The predicted octanol–water partition coefficient (Wildman–Crippen LogP) is 2.84. The first kappa shape index (κ1) is 9.65. The van der Waals surface area contributed by atoms with E-state index in [0.717, 1.165) is 15.6 Å². The summed E-state index contributed by atoms with van der Waals surface area (Å²) in [6.45, 7) is 0. The first-order valence-corrected chi connectivity index (χ1v) is 5.43. The molecule has 0 saturated carbocycles. The summed E-state index contributed by atoms with van der Waals surface area (Å²) in [6, 6.07) is 7.38. The fraction of sp³-hybridized carbons (Fsp3) is 0.100. The quantitative estimate of drug-likeness (QED) is 0.852. The van der Waals surface area contributed by atoms with Gasteiger partial charge in [0.25, 0.3) is 0 Å². The van der Waals surface area contributed by atoms with Crippen molar-refractivity contribution < 1.29 is 0 Å². The number of nitrogens with two attached hydrogens (primary N) is 1. The third-order valence-electron chi connectivity index (χ3n) is 1.95. The molecule has 0 amide bonds. The Kier molecular flexibility index (Phi) is 2.82. The van der Waals surface area contributed by atoms with Gasteiger partial charge in [-0.15, -0.1) is 11.3 Å². The van der Waals surface area contributed by atoms with Crippen molar-refractivity contribution >= 4 is 22.9 Å². The second-order valence-electron chi connectivity index (χ2n) is 2.90. The molecule has 0 aliphatic rings. The Balaban J connectivity index is 2.28.